The van der Waals surface area contributed by atoms with Gasteiger partial charge in [0, 0.05) is 38.2 Å². The molecule has 1 aromatic carbocycles. The van der Waals surface area contributed by atoms with Crippen LogP contribution in [0, 0.1) is 0 Å². The number of likely N-dealkylation sites (N-methyl/N-ethyl adjacent to an activating group) is 2. The van der Waals surface area contributed by atoms with Crippen molar-refractivity contribution in [1.82, 2.24) is 9.80 Å². The second-order valence-corrected chi connectivity index (χ2v) is 6.09. The molecule has 1 aliphatic rings. The van der Waals surface area contributed by atoms with Crippen LogP contribution in [-0.2, 0) is 17.8 Å². The summed E-state index contributed by atoms with van der Waals surface area (Å²) in [5.41, 5.74) is 2.26. The Morgan fingerprint density at radius 3 is 2.73 bits per heavy atom. The summed E-state index contributed by atoms with van der Waals surface area (Å²) < 4.78 is 11.6. The van der Waals surface area contributed by atoms with E-state index in [2.05, 4.69) is 19.1 Å². The fraction of sp³-hybridized carbons (Fsp3) is 0.588. The minimum Gasteiger partial charge on any atom is -0.494 e. The lowest BCUT2D eigenvalue weighted by molar-refractivity contribution is -0.129. The van der Waals surface area contributed by atoms with Crippen molar-refractivity contribution in [2.45, 2.75) is 32.9 Å². The van der Waals surface area contributed by atoms with E-state index in [9.17, 15) is 4.79 Å². The van der Waals surface area contributed by atoms with E-state index in [-0.39, 0.29) is 12.0 Å². The Morgan fingerprint density at radius 1 is 1.36 bits per heavy atom. The highest BCUT2D eigenvalue weighted by atomic mass is 16.5. The van der Waals surface area contributed by atoms with Crippen LogP contribution in [0.25, 0.3) is 0 Å². The molecule has 2 rings (SSSR count). The summed E-state index contributed by atoms with van der Waals surface area (Å²) in [5.74, 6) is 1.92. The van der Waals surface area contributed by atoms with Crippen molar-refractivity contribution in [2.24, 2.45) is 0 Å². The number of nitrogens with zero attached hydrogens (tertiary/aromatic N) is 2. The molecule has 0 fully saturated rings. The molecule has 0 radical (unpaired) electrons. The molecular formula is C17H26N2O3. The largest absolute Gasteiger partial charge is 0.494 e. The molecule has 0 N–H and O–H groups in total. The lowest BCUT2D eigenvalue weighted by Gasteiger charge is -2.21. The van der Waals surface area contributed by atoms with Gasteiger partial charge in [-0.1, -0.05) is 0 Å². The summed E-state index contributed by atoms with van der Waals surface area (Å²) in [6, 6.07) is 4.14. The van der Waals surface area contributed by atoms with E-state index in [1.807, 2.05) is 18.9 Å². The topological polar surface area (TPSA) is 42.0 Å². The highest BCUT2D eigenvalue weighted by Gasteiger charge is 2.22. The average molecular weight is 306 g/mol. The summed E-state index contributed by atoms with van der Waals surface area (Å²) >= 11 is 0. The van der Waals surface area contributed by atoms with Gasteiger partial charge in [-0.05, 0) is 33.0 Å². The Bertz CT molecular complexity index is 543. The smallest absolute Gasteiger partial charge is 0.236 e. The second-order valence-electron chi connectivity index (χ2n) is 6.09. The van der Waals surface area contributed by atoms with Crippen molar-refractivity contribution in [3.05, 3.63) is 23.3 Å². The standard InChI is InChI=1S/C17H26N2O3/c1-6-21-15-8-13-7-12(2)22-16(13)9-14(15)10-19(5)11-17(20)18(3)4/h8-9,12H,6-7,10-11H2,1-5H3. The highest BCUT2D eigenvalue weighted by Crippen LogP contribution is 2.35. The van der Waals surface area contributed by atoms with E-state index in [0.29, 0.717) is 19.7 Å². The maximum Gasteiger partial charge on any atom is 0.236 e. The third kappa shape index (κ3) is 3.91. The Balaban J connectivity index is 2.15. The molecule has 1 aliphatic heterocycles. The molecule has 1 unspecified atom stereocenters. The summed E-state index contributed by atoms with van der Waals surface area (Å²) in [6.07, 6.45) is 1.14. The van der Waals surface area contributed by atoms with Crippen molar-refractivity contribution >= 4 is 5.91 Å². The zero-order valence-corrected chi connectivity index (χ0v) is 14.2. The van der Waals surface area contributed by atoms with Crippen LogP contribution >= 0.6 is 0 Å². The lowest BCUT2D eigenvalue weighted by atomic mass is 10.1. The molecular weight excluding hydrogens is 280 g/mol. The molecule has 0 saturated carbocycles. The van der Waals surface area contributed by atoms with Gasteiger partial charge in [-0.15, -0.1) is 0 Å². The first-order valence-corrected chi connectivity index (χ1v) is 7.74. The summed E-state index contributed by atoms with van der Waals surface area (Å²) in [6.45, 7) is 5.71. The van der Waals surface area contributed by atoms with Gasteiger partial charge in [0.2, 0.25) is 5.91 Å². The SMILES string of the molecule is CCOc1cc2c(cc1CN(C)CC(=O)N(C)C)OC(C)C2. The van der Waals surface area contributed by atoms with Crippen LogP contribution < -0.4 is 9.47 Å². The molecule has 0 spiro atoms. The number of ether oxygens (including phenoxy) is 2. The van der Waals surface area contributed by atoms with Gasteiger partial charge in [0.1, 0.15) is 17.6 Å². The first kappa shape index (κ1) is 16.6. The van der Waals surface area contributed by atoms with Gasteiger partial charge in [-0.2, -0.15) is 0 Å². The van der Waals surface area contributed by atoms with Crippen molar-refractivity contribution in [3.63, 3.8) is 0 Å². The molecule has 1 heterocycles. The fourth-order valence-corrected chi connectivity index (χ4v) is 2.61. The van der Waals surface area contributed by atoms with Crippen molar-refractivity contribution in [3.8, 4) is 11.5 Å². The summed E-state index contributed by atoms with van der Waals surface area (Å²) in [7, 11) is 5.48. The zero-order valence-electron chi connectivity index (χ0n) is 14.2. The molecule has 122 valence electrons. The minimum atomic E-state index is 0.0893. The molecule has 0 aliphatic carbocycles. The number of carbonyl (C=O) groups is 1. The average Bonchev–Trinajstić information content (AvgIpc) is 2.78. The number of amides is 1. The molecule has 1 amide bonds. The van der Waals surface area contributed by atoms with Gasteiger partial charge in [0.15, 0.2) is 0 Å². The van der Waals surface area contributed by atoms with Crippen LogP contribution in [0.4, 0.5) is 0 Å². The monoisotopic (exact) mass is 306 g/mol. The van der Waals surface area contributed by atoms with E-state index < -0.39 is 0 Å². The van der Waals surface area contributed by atoms with Crippen molar-refractivity contribution in [1.29, 1.82) is 0 Å². The number of carbonyl (C=O) groups excluding carboxylic acids is 1. The maximum absolute atomic E-state index is 11.8. The maximum atomic E-state index is 11.8. The molecule has 1 atom stereocenters. The molecule has 0 aromatic heterocycles. The number of benzene rings is 1. The van der Waals surface area contributed by atoms with Gasteiger partial charge in [-0.25, -0.2) is 0 Å². The molecule has 1 aromatic rings. The van der Waals surface area contributed by atoms with Gasteiger partial charge >= 0.3 is 0 Å². The fourth-order valence-electron chi connectivity index (χ4n) is 2.61. The van der Waals surface area contributed by atoms with E-state index in [1.165, 1.54) is 5.56 Å². The molecule has 0 saturated heterocycles. The highest BCUT2D eigenvalue weighted by molar-refractivity contribution is 5.77. The van der Waals surface area contributed by atoms with Gasteiger partial charge in [-0.3, -0.25) is 9.69 Å². The van der Waals surface area contributed by atoms with Crippen molar-refractivity contribution < 1.29 is 14.3 Å². The van der Waals surface area contributed by atoms with Crippen LogP contribution in [0.2, 0.25) is 0 Å². The molecule has 5 heteroatoms. The Labute approximate surface area is 132 Å². The van der Waals surface area contributed by atoms with Gasteiger partial charge < -0.3 is 14.4 Å². The van der Waals surface area contributed by atoms with E-state index in [1.54, 1.807) is 19.0 Å². The predicted octanol–water partition coefficient (Wildman–Crippen LogP) is 1.93. The quantitative estimate of drug-likeness (QED) is 0.805. The third-order valence-corrected chi connectivity index (χ3v) is 3.72. The molecule has 5 nitrogen and oxygen atoms in total. The predicted molar refractivity (Wildman–Crippen MR) is 86.4 cm³/mol. The molecule has 0 bridgehead atoms. The second kappa shape index (κ2) is 7.01. The minimum absolute atomic E-state index is 0.0893. The Kier molecular flexibility index (Phi) is 5.29. The normalized spacial score (nSPS) is 16.4. The number of hydrogen-bond donors (Lipinski definition) is 0. The third-order valence-electron chi connectivity index (χ3n) is 3.72. The Morgan fingerprint density at radius 2 is 2.09 bits per heavy atom. The van der Waals surface area contributed by atoms with E-state index in [4.69, 9.17) is 9.47 Å². The molecule has 22 heavy (non-hydrogen) atoms. The van der Waals surface area contributed by atoms with Gasteiger partial charge in [0.05, 0.1) is 13.2 Å². The van der Waals surface area contributed by atoms with Crippen molar-refractivity contribution in [2.75, 3.05) is 34.3 Å². The number of fused-ring (bicyclic) bond motifs is 1. The first-order valence-electron chi connectivity index (χ1n) is 7.74. The number of hydrogen-bond acceptors (Lipinski definition) is 4. The summed E-state index contributed by atoms with van der Waals surface area (Å²) in [4.78, 5) is 15.4. The number of rotatable bonds is 6. The van der Waals surface area contributed by atoms with Crippen LogP contribution in [0.5, 0.6) is 11.5 Å². The first-order chi connectivity index (χ1) is 10.4. The van der Waals surface area contributed by atoms with E-state index in [0.717, 1.165) is 23.5 Å². The Hall–Kier alpha value is -1.75. The van der Waals surface area contributed by atoms with Crippen LogP contribution in [0.15, 0.2) is 12.1 Å². The van der Waals surface area contributed by atoms with Crippen LogP contribution in [0.3, 0.4) is 0 Å². The van der Waals surface area contributed by atoms with Gasteiger partial charge in [0.25, 0.3) is 0 Å². The van der Waals surface area contributed by atoms with E-state index >= 15 is 0 Å². The van der Waals surface area contributed by atoms with Crippen LogP contribution in [-0.4, -0.2) is 56.1 Å². The summed E-state index contributed by atoms with van der Waals surface area (Å²) in [5, 5.41) is 0. The lowest BCUT2D eigenvalue weighted by Crippen LogP contribution is -2.34. The zero-order chi connectivity index (χ0) is 16.3. The van der Waals surface area contributed by atoms with Crippen LogP contribution in [0.1, 0.15) is 25.0 Å².